The number of hydrogen-bond acceptors (Lipinski definition) is 4. The summed E-state index contributed by atoms with van der Waals surface area (Å²) in [4.78, 5) is 15.8. The lowest BCUT2D eigenvalue weighted by atomic mass is 10.0. The van der Waals surface area contributed by atoms with Gasteiger partial charge < -0.3 is 9.64 Å². The van der Waals surface area contributed by atoms with Crippen molar-refractivity contribution in [2.45, 2.75) is 56.7 Å². The molecule has 0 amide bonds. The number of nitrogens with zero attached hydrogens (tertiary/aromatic N) is 1. The van der Waals surface area contributed by atoms with Gasteiger partial charge in [0, 0.05) is 17.0 Å². The molecule has 0 aromatic carbocycles. The topological polar surface area (TPSA) is 29.5 Å². The predicted octanol–water partition coefficient (Wildman–Crippen LogP) is 3.02. The highest BCUT2D eigenvalue weighted by atomic mass is 32.1. The monoisotopic (exact) mass is 279 g/mol. The van der Waals surface area contributed by atoms with Crippen LogP contribution >= 0.6 is 11.3 Å². The molecule has 1 aromatic heterocycles. The molecule has 2 aliphatic heterocycles. The maximum atomic E-state index is 12.2. The van der Waals surface area contributed by atoms with E-state index >= 15 is 0 Å². The van der Waals surface area contributed by atoms with Crippen molar-refractivity contribution in [1.29, 1.82) is 0 Å². The summed E-state index contributed by atoms with van der Waals surface area (Å²) >= 11 is 1.63. The van der Waals surface area contributed by atoms with Crippen molar-refractivity contribution < 1.29 is 9.53 Å². The summed E-state index contributed by atoms with van der Waals surface area (Å²) in [6, 6.07) is 5.23. The molecule has 0 spiro atoms. The zero-order chi connectivity index (χ0) is 13.4. The van der Waals surface area contributed by atoms with E-state index in [1.54, 1.807) is 11.3 Å². The average Bonchev–Trinajstić information content (AvgIpc) is 2.97. The number of carbonyl (C=O) groups excluding carboxylic acids is 1. The van der Waals surface area contributed by atoms with Crippen LogP contribution in [0.1, 0.15) is 43.4 Å². The molecule has 0 aliphatic carbocycles. The Hall–Kier alpha value is -0.870. The molecule has 2 aliphatic rings. The Kier molecular flexibility index (Phi) is 3.63. The van der Waals surface area contributed by atoms with Gasteiger partial charge in [-0.25, -0.2) is 0 Å². The zero-order valence-corrected chi connectivity index (χ0v) is 12.4. The van der Waals surface area contributed by atoms with Crippen molar-refractivity contribution >= 4 is 17.3 Å². The van der Waals surface area contributed by atoms with Crippen LogP contribution in [0.15, 0.2) is 17.5 Å². The quantitative estimate of drug-likeness (QED) is 0.797. The Morgan fingerprint density at radius 3 is 2.68 bits per heavy atom. The van der Waals surface area contributed by atoms with Crippen LogP contribution < -0.4 is 0 Å². The summed E-state index contributed by atoms with van der Waals surface area (Å²) in [5.41, 5.74) is 0. The van der Waals surface area contributed by atoms with E-state index < -0.39 is 0 Å². The molecule has 2 fully saturated rings. The summed E-state index contributed by atoms with van der Waals surface area (Å²) in [6.45, 7) is 1.94. The molecule has 0 saturated carbocycles. The SMILES string of the molecule is CC(C(=O)OC1CC2CCC(C1)N2C)c1cccs1. The lowest BCUT2D eigenvalue weighted by molar-refractivity contribution is -0.153. The van der Waals surface area contributed by atoms with Crippen molar-refractivity contribution in [3.63, 3.8) is 0 Å². The molecule has 2 bridgehead atoms. The fraction of sp³-hybridized carbons (Fsp3) is 0.667. The molecule has 0 N–H and O–H groups in total. The van der Waals surface area contributed by atoms with Gasteiger partial charge in [-0.3, -0.25) is 4.79 Å². The number of rotatable bonds is 3. The van der Waals surface area contributed by atoms with Gasteiger partial charge >= 0.3 is 5.97 Å². The van der Waals surface area contributed by atoms with E-state index in [0.29, 0.717) is 12.1 Å². The van der Waals surface area contributed by atoms with Crippen molar-refractivity contribution in [2.24, 2.45) is 0 Å². The number of hydrogen-bond donors (Lipinski definition) is 0. The van der Waals surface area contributed by atoms with Crippen LogP contribution in [0.5, 0.6) is 0 Å². The molecule has 3 nitrogen and oxygen atoms in total. The molecule has 2 saturated heterocycles. The minimum Gasteiger partial charge on any atom is -0.462 e. The van der Waals surface area contributed by atoms with E-state index in [-0.39, 0.29) is 18.0 Å². The maximum Gasteiger partial charge on any atom is 0.314 e. The van der Waals surface area contributed by atoms with Crippen LogP contribution in [0.25, 0.3) is 0 Å². The Bertz CT molecular complexity index is 431. The Morgan fingerprint density at radius 2 is 2.11 bits per heavy atom. The van der Waals surface area contributed by atoms with E-state index in [9.17, 15) is 4.79 Å². The van der Waals surface area contributed by atoms with E-state index in [1.165, 1.54) is 12.8 Å². The van der Waals surface area contributed by atoms with Crippen LogP contribution in [-0.2, 0) is 9.53 Å². The van der Waals surface area contributed by atoms with Gasteiger partial charge in [0.15, 0.2) is 0 Å². The minimum atomic E-state index is -0.127. The molecule has 19 heavy (non-hydrogen) atoms. The van der Waals surface area contributed by atoms with Crippen molar-refractivity contribution in [1.82, 2.24) is 4.90 Å². The van der Waals surface area contributed by atoms with Gasteiger partial charge in [-0.2, -0.15) is 0 Å². The van der Waals surface area contributed by atoms with E-state index in [4.69, 9.17) is 4.74 Å². The molecule has 3 atom stereocenters. The first-order chi connectivity index (χ1) is 9.15. The number of ether oxygens (including phenoxy) is 1. The fourth-order valence-corrected chi connectivity index (χ4v) is 4.15. The van der Waals surface area contributed by atoms with Gasteiger partial charge in [0.25, 0.3) is 0 Å². The van der Waals surface area contributed by atoms with Gasteiger partial charge in [-0.05, 0) is 51.1 Å². The highest BCUT2D eigenvalue weighted by Crippen LogP contribution is 2.36. The van der Waals surface area contributed by atoms with Gasteiger partial charge in [0.1, 0.15) is 6.10 Å². The largest absolute Gasteiger partial charge is 0.462 e. The second-order valence-corrected chi connectivity index (χ2v) is 6.80. The Balaban J connectivity index is 1.59. The van der Waals surface area contributed by atoms with Crippen molar-refractivity contribution in [3.8, 4) is 0 Å². The molecular formula is C15H21NO2S. The second kappa shape index (κ2) is 5.25. The molecule has 3 unspecified atom stereocenters. The molecule has 1 aromatic rings. The number of carbonyl (C=O) groups is 1. The van der Waals surface area contributed by atoms with Gasteiger partial charge in [0.2, 0.25) is 0 Å². The number of piperidine rings is 1. The highest BCUT2D eigenvalue weighted by Gasteiger charge is 2.40. The zero-order valence-electron chi connectivity index (χ0n) is 11.5. The standard InChI is InChI=1S/C15H21NO2S/c1-10(14-4-3-7-19-14)15(17)18-13-8-11-5-6-12(9-13)16(11)2/h3-4,7,10-13H,5-6,8-9H2,1-2H3. The van der Waals surface area contributed by atoms with Crippen LogP contribution in [0.4, 0.5) is 0 Å². The second-order valence-electron chi connectivity index (χ2n) is 5.82. The molecule has 3 heterocycles. The Morgan fingerprint density at radius 1 is 1.42 bits per heavy atom. The van der Waals surface area contributed by atoms with Crippen molar-refractivity contribution in [3.05, 3.63) is 22.4 Å². The molecule has 0 radical (unpaired) electrons. The van der Waals surface area contributed by atoms with Crippen LogP contribution in [0, 0.1) is 0 Å². The fourth-order valence-electron chi connectivity index (χ4n) is 3.38. The normalized spacial score (nSPS) is 32.2. The first-order valence-electron chi connectivity index (χ1n) is 7.11. The van der Waals surface area contributed by atoms with Gasteiger partial charge in [0.05, 0.1) is 5.92 Å². The predicted molar refractivity (Wildman–Crippen MR) is 76.4 cm³/mol. The van der Waals surface area contributed by atoms with Gasteiger partial charge in [-0.1, -0.05) is 6.07 Å². The maximum absolute atomic E-state index is 12.2. The summed E-state index contributed by atoms with van der Waals surface area (Å²) in [5, 5.41) is 2.01. The lowest BCUT2D eigenvalue weighted by Crippen LogP contribution is -2.43. The molecule has 3 rings (SSSR count). The molecular weight excluding hydrogens is 258 g/mol. The smallest absolute Gasteiger partial charge is 0.314 e. The average molecular weight is 279 g/mol. The summed E-state index contributed by atoms with van der Waals surface area (Å²) in [7, 11) is 2.20. The third-order valence-electron chi connectivity index (χ3n) is 4.66. The third-order valence-corrected chi connectivity index (χ3v) is 5.72. The minimum absolute atomic E-state index is 0.0589. The van der Waals surface area contributed by atoms with Crippen LogP contribution in [-0.4, -0.2) is 36.1 Å². The summed E-state index contributed by atoms with van der Waals surface area (Å²) < 4.78 is 5.75. The van der Waals surface area contributed by atoms with E-state index in [0.717, 1.165) is 17.7 Å². The highest BCUT2D eigenvalue weighted by molar-refractivity contribution is 7.10. The number of fused-ring (bicyclic) bond motifs is 2. The van der Waals surface area contributed by atoms with Gasteiger partial charge in [-0.15, -0.1) is 11.3 Å². The molecule has 4 heteroatoms. The Labute approximate surface area is 118 Å². The third kappa shape index (κ3) is 2.56. The first kappa shape index (κ1) is 13.1. The summed E-state index contributed by atoms with van der Waals surface area (Å²) in [5.74, 6) is -0.186. The summed E-state index contributed by atoms with van der Waals surface area (Å²) in [6.07, 6.45) is 4.67. The number of esters is 1. The van der Waals surface area contributed by atoms with E-state index in [1.807, 2.05) is 24.4 Å². The molecule has 104 valence electrons. The first-order valence-corrected chi connectivity index (χ1v) is 7.99. The van der Waals surface area contributed by atoms with Crippen LogP contribution in [0.3, 0.4) is 0 Å². The van der Waals surface area contributed by atoms with Crippen molar-refractivity contribution in [2.75, 3.05) is 7.05 Å². The lowest BCUT2D eigenvalue weighted by Gasteiger charge is -2.36. The van der Waals surface area contributed by atoms with E-state index in [2.05, 4.69) is 11.9 Å². The van der Waals surface area contributed by atoms with Crippen LogP contribution in [0.2, 0.25) is 0 Å². The number of thiophene rings is 1.